The number of hydrogen-bond acceptors (Lipinski definition) is 7. The van der Waals surface area contributed by atoms with Crippen LogP contribution in [0, 0.1) is 0 Å². The highest BCUT2D eigenvalue weighted by Gasteiger charge is 2.30. The third-order valence-corrected chi connectivity index (χ3v) is 8.86. The molecule has 9 nitrogen and oxygen atoms in total. The highest BCUT2D eigenvalue weighted by molar-refractivity contribution is 6.02. The molecular weight excluding hydrogens is 654 g/mol. The zero-order valence-corrected chi connectivity index (χ0v) is 30.8. The molecule has 9 heteroatoms. The van der Waals surface area contributed by atoms with E-state index in [2.05, 4.69) is 30.4 Å². The van der Waals surface area contributed by atoms with Crippen LogP contribution in [0.2, 0.25) is 0 Å². The summed E-state index contributed by atoms with van der Waals surface area (Å²) in [6.07, 6.45) is 0.304. The number of carbonyl (C=O) groups excluding carboxylic acids is 2. The summed E-state index contributed by atoms with van der Waals surface area (Å²) < 4.78 is 24.8. The fourth-order valence-electron chi connectivity index (χ4n) is 6.25. The van der Waals surface area contributed by atoms with Crippen LogP contribution in [0.3, 0.4) is 0 Å². The molecule has 5 aromatic rings. The number of hydrogen-bond donors (Lipinski definition) is 1. The SMILES string of the molecule is CCNC(=O)c1noc(-c2cc(C(C)C)c(OCc3ccccc3)cc2OCc2ccccc2)c1-c1ccc2c(c1)CCN(C(=O)OC(C)(C)C)C2. The van der Waals surface area contributed by atoms with E-state index in [1.807, 2.05) is 113 Å². The molecule has 1 aliphatic heterocycles. The molecule has 270 valence electrons. The monoisotopic (exact) mass is 701 g/mol. The summed E-state index contributed by atoms with van der Waals surface area (Å²) in [5.74, 6) is 1.44. The lowest BCUT2D eigenvalue weighted by atomic mass is 9.91. The number of fused-ring (bicyclic) bond motifs is 1. The first-order valence-corrected chi connectivity index (χ1v) is 17.9. The van der Waals surface area contributed by atoms with Gasteiger partial charge in [-0.15, -0.1) is 0 Å². The van der Waals surface area contributed by atoms with Crippen molar-refractivity contribution in [1.82, 2.24) is 15.4 Å². The summed E-state index contributed by atoms with van der Waals surface area (Å²) in [5, 5.41) is 7.26. The van der Waals surface area contributed by atoms with E-state index >= 15 is 0 Å². The molecule has 0 saturated carbocycles. The third-order valence-electron chi connectivity index (χ3n) is 8.86. The minimum Gasteiger partial charge on any atom is -0.488 e. The maximum absolute atomic E-state index is 13.5. The molecular formula is C43H47N3O6. The lowest BCUT2D eigenvalue weighted by molar-refractivity contribution is 0.0224. The maximum atomic E-state index is 13.5. The second-order valence-corrected chi connectivity index (χ2v) is 14.3. The predicted molar refractivity (Wildman–Crippen MR) is 201 cm³/mol. The molecule has 4 aromatic carbocycles. The van der Waals surface area contributed by atoms with Crippen LogP contribution in [0.15, 0.2) is 95.5 Å². The minimum atomic E-state index is -0.577. The summed E-state index contributed by atoms with van der Waals surface area (Å²) in [7, 11) is 0. The fraction of sp³-hybridized carbons (Fsp3) is 0.326. The number of aromatic nitrogens is 1. The summed E-state index contributed by atoms with van der Waals surface area (Å²) >= 11 is 0. The van der Waals surface area contributed by atoms with Gasteiger partial charge in [0, 0.05) is 25.7 Å². The van der Waals surface area contributed by atoms with E-state index in [9.17, 15) is 9.59 Å². The maximum Gasteiger partial charge on any atom is 0.410 e. The van der Waals surface area contributed by atoms with Crippen molar-refractivity contribution in [3.8, 4) is 33.9 Å². The van der Waals surface area contributed by atoms with E-state index in [0.29, 0.717) is 67.7 Å². The largest absolute Gasteiger partial charge is 0.488 e. The van der Waals surface area contributed by atoms with Gasteiger partial charge in [-0.25, -0.2) is 4.79 Å². The number of rotatable bonds is 11. The van der Waals surface area contributed by atoms with Crippen molar-refractivity contribution in [2.75, 3.05) is 13.1 Å². The summed E-state index contributed by atoms with van der Waals surface area (Å²) in [4.78, 5) is 28.1. The van der Waals surface area contributed by atoms with Crippen LogP contribution in [0.4, 0.5) is 4.79 Å². The molecule has 1 aromatic heterocycles. The first-order chi connectivity index (χ1) is 25.0. The predicted octanol–water partition coefficient (Wildman–Crippen LogP) is 9.33. The van der Waals surface area contributed by atoms with Crippen LogP contribution in [0.25, 0.3) is 22.5 Å². The van der Waals surface area contributed by atoms with Gasteiger partial charge in [0.15, 0.2) is 11.5 Å². The van der Waals surface area contributed by atoms with Gasteiger partial charge in [-0.2, -0.15) is 0 Å². The van der Waals surface area contributed by atoms with Gasteiger partial charge in [-0.1, -0.05) is 97.9 Å². The van der Waals surface area contributed by atoms with Crippen LogP contribution < -0.4 is 14.8 Å². The molecule has 0 spiro atoms. The molecule has 0 unspecified atom stereocenters. The molecule has 2 heterocycles. The second-order valence-electron chi connectivity index (χ2n) is 14.3. The zero-order valence-electron chi connectivity index (χ0n) is 30.8. The number of benzene rings is 4. The van der Waals surface area contributed by atoms with Gasteiger partial charge >= 0.3 is 6.09 Å². The van der Waals surface area contributed by atoms with Crippen molar-refractivity contribution in [1.29, 1.82) is 0 Å². The average molecular weight is 702 g/mol. The summed E-state index contributed by atoms with van der Waals surface area (Å²) in [6, 6.07) is 30.0. The Balaban J connectivity index is 1.44. The number of nitrogens with one attached hydrogen (secondary N) is 1. The lowest BCUT2D eigenvalue weighted by Gasteiger charge is -2.31. The lowest BCUT2D eigenvalue weighted by Crippen LogP contribution is -2.39. The van der Waals surface area contributed by atoms with Gasteiger partial charge < -0.3 is 29.0 Å². The Bertz CT molecular complexity index is 2010. The van der Waals surface area contributed by atoms with Gasteiger partial charge in [0.25, 0.3) is 5.91 Å². The minimum absolute atomic E-state index is 0.0959. The van der Waals surface area contributed by atoms with E-state index in [-0.39, 0.29) is 23.6 Å². The van der Waals surface area contributed by atoms with Gasteiger partial charge in [-0.05, 0) is 79.5 Å². The molecule has 52 heavy (non-hydrogen) atoms. The van der Waals surface area contributed by atoms with Crippen molar-refractivity contribution < 1.29 is 28.3 Å². The molecule has 0 radical (unpaired) electrons. The van der Waals surface area contributed by atoms with Crippen molar-refractivity contribution >= 4 is 12.0 Å². The average Bonchev–Trinajstić information content (AvgIpc) is 3.58. The molecule has 0 bridgehead atoms. The Kier molecular flexibility index (Phi) is 11.0. The van der Waals surface area contributed by atoms with Gasteiger partial charge in [0.1, 0.15) is 30.3 Å². The van der Waals surface area contributed by atoms with Crippen LogP contribution in [0.1, 0.15) is 85.8 Å². The van der Waals surface area contributed by atoms with Gasteiger partial charge in [0.05, 0.1) is 11.1 Å². The molecule has 6 rings (SSSR count). The van der Waals surface area contributed by atoms with E-state index < -0.39 is 5.60 Å². The van der Waals surface area contributed by atoms with Crippen molar-refractivity contribution in [3.05, 3.63) is 125 Å². The number of amides is 2. The Morgan fingerprint density at radius 1 is 0.865 bits per heavy atom. The van der Waals surface area contributed by atoms with Gasteiger partial charge in [0.2, 0.25) is 0 Å². The second kappa shape index (κ2) is 15.8. The van der Waals surface area contributed by atoms with Crippen LogP contribution in [-0.2, 0) is 30.9 Å². The van der Waals surface area contributed by atoms with Gasteiger partial charge in [-0.3, -0.25) is 4.79 Å². The normalized spacial score (nSPS) is 12.7. The van der Waals surface area contributed by atoms with Crippen molar-refractivity contribution in [2.45, 2.75) is 79.2 Å². The molecule has 2 amide bonds. The number of nitrogens with zero attached hydrogens (tertiary/aromatic N) is 2. The molecule has 1 N–H and O–H groups in total. The summed E-state index contributed by atoms with van der Waals surface area (Å²) in [6.45, 7) is 13.8. The molecule has 0 aliphatic carbocycles. The first-order valence-electron chi connectivity index (χ1n) is 17.9. The Morgan fingerprint density at radius 3 is 2.13 bits per heavy atom. The van der Waals surface area contributed by atoms with Crippen LogP contribution in [-0.4, -0.2) is 40.7 Å². The Hall–Kier alpha value is -5.57. The third kappa shape index (κ3) is 8.48. The first kappa shape index (κ1) is 36.2. The number of carbonyl (C=O) groups is 2. The standard InChI is InChI=1S/C43H47N3O6/c1-7-44-41(47)39-38(32-18-19-33-25-46(21-20-31(33)22-32)42(48)51-43(4,5)6)40(52-45-39)35-23-34(28(2)3)36(49-26-29-14-10-8-11-15-29)24-37(35)50-27-30-16-12-9-13-17-30/h8-19,22-24,28H,7,20-21,25-27H2,1-6H3,(H,44,47). The zero-order chi connectivity index (χ0) is 36.8. The van der Waals surface area contributed by atoms with Crippen LogP contribution in [0.5, 0.6) is 11.5 Å². The Morgan fingerprint density at radius 2 is 1.52 bits per heavy atom. The van der Waals surface area contributed by atoms with E-state index in [4.69, 9.17) is 18.7 Å². The van der Waals surface area contributed by atoms with Crippen LogP contribution >= 0.6 is 0 Å². The van der Waals surface area contributed by atoms with E-state index in [1.54, 1.807) is 4.90 Å². The fourth-order valence-corrected chi connectivity index (χ4v) is 6.25. The molecule has 1 aliphatic rings. The quantitative estimate of drug-likeness (QED) is 0.146. The van der Waals surface area contributed by atoms with Crippen molar-refractivity contribution in [2.24, 2.45) is 0 Å². The Labute approximate surface area is 305 Å². The smallest absolute Gasteiger partial charge is 0.410 e. The number of ether oxygens (including phenoxy) is 3. The molecule has 0 saturated heterocycles. The van der Waals surface area contributed by atoms with Crippen molar-refractivity contribution in [3.63, 3.8) is 0 Å². The topological polar surface area (TPSA) is 103 Å². The molecule has 0 fully saturated rings. The van der Waals surface area contributed by atoms with E-state index in [0.717, 1.165) is 33.4 Å². The highest BCUT2D eigenvalue weighted by atomic mass is 16.6. The highest BCUT2D eigenvalue weighted by Crippen LogP contribution is 2.45. The molecule has 0 atom stereocenters. The van der Waals surface area contributed by atoms with E-state index in [1.165, 1.54) is 0 Å². The summed E-state index contributed by atoms with van der Waals surface area (Å²) in [5.41, 5.74) is 6.76.